The van der Waals surface area contributed by atoms with Gasteiger partial charge in [0, 0.05) is 12.1 Å². The number of aromatic nitrogens is 3. The molecule has 4 aromatic rings. The Balaban J connectivity index is 1.61. The summed E-state index contributed by atoms with van der Waals surface area (Å²) >= 11 is 0. The van der Waals surface area contributed by atoms with E-state index in [1.807, 2.05) is 55.5 Å². The van der Waals surface area contributed by atoms with Crippen molar-refractivity contribution in [1.29, 1.82) is 0 Å². The lowest BCUT2D eigenvalue weighted by Gasteiger charge is -2.06. The summed E-state index contributed by atoms with van der Waals surface area (Å²) in [5.74, 6) is 1.45. The summed E-state index contributed by atoms with van der Waals surface area (Å²) in [4.78, 5) is 8.65. The van der Waals surface area contributed by atoms with Crippen LogP contribution in [0.25, 0.3) is 22.4 Å². The molecule has 0 aliphatic heterocycles. The number of anilines is 1. The third kappa shape index (κ3) is 3.09. The van der Waals surface area contributed by atoms with Gasteiger partial charge in [0.15, 0.2) is 5.82 Å². The number of hydrogen-bond acceptors (Lipinski definition) is 6. The minimum Gasteiger partial charge on any atom is -0.497 e. The fourth-order valence-electron chi connectivity index (χ4n) is 2.72. The number of nitrogens with one attached hydrogen (secondary N) is 1. The highest BCUT2D eigenvalue weighted by Gasteiger charge is 2.15. The van der Waals surface area contributed by atoms with Crippen molar-refractivity contribution >= 4 is 16.9 Å². The van der Waals surface area contributed by atoms with Crippen LogP contribution in [0.1, 0.15) is 11.1 Å². The van der Waals surface area contributed by atoms with Crippen molar-refractivity contribution in [3.8, 4) is 17.0 Å². The second-order valence-corrected chi connectivity index (χ2v) is 6.00. The molecule has 0 aliphatic carbocycles. The molecule has 1 N–H and O–H groups in total. The van der Waals surface area contributed by atoms with Gasteiger partial charge in [-0.05, 0) is 24.6 Å². The summed E-state index contributed by atoms with van der Waals surface area (Å²) in [6, 6.07) is 16.0. The highest BCUT2D eigenvalue weighted by Crippen LogP contribution is 2.29. The molecule has 0 radical (unpaired) electrons. The van der Waals surface area contributed by atoms with Gasteiger partial charge in [-0.15, -0.1) is 0 Å². The minimum atomic E-state index is 0.552. The first-order valence-electron chi connectivity index (χ1n) is 8.29. The number of ether oxygens (including phenoxy) is 1. The van der Waals surface area contributed by atoms with Crippen LogP contribution < -0.4 is 10.1 Å². The Labute approximate surface area is 150 Å². The molecule has 0 amide bonds. The van der Waals surface area contributed by atoms with E-state index in [-0.39, 0.29) is 0 Å². The summed E-state index contributed by atoms with van der Waals surface area (Å²) in [5.41, 5.74) is 5.23. The number of nitrogens with zero attached hydrogens (tertiary/aromatic N) is 3. The first kappa shape index (κ1) is 16.1. The van der Waals surface area contributed by atoms with Crippen molar-refractivity contribution in [2.24, 2.45) is 0 Å². The molecule has 2 heterocycles. The van der Waals surface area contributed by atoms with Crippen molar-refractivity contribution in [2.45, 2.75) is 13.5 Å². The van der Waals surface area contributed by atoms with E-state index in [2.05, 4.69) is 20.4 Å². The maximum absolute atomic E-state index is 5.53. The Kier molecular flexibility index (Phi) is 4.23. The van der Waals surface area contributed by atoms with Gasteiger partial charge in [0.25, 0.3) is 0 Å². The lowest BCUT2D eigenvalue weighted by molar-refractivity contribution is 0.414. The van der Waals surface area contributed by atoms with Crippen LogP contribution in [0.4, 0.5) is 5.82 Å². The summed E-state index contributed by atoms with van der Waals surface area (Å²) < 4.78 is 10.7. The molecule has 6 heteroatoms. The van der Waals surface area contributed by atoms with Gasteiger partial charge >= 0.3 is 0 Å². The molecule has 0 spiro atoms. The average Bonchev–Trinajstić information content (AvgIpc) is 3.12. The Bertz CT molecular complexity index is 1020. The molecule has 26 heavy (non-hydrogen) atoms. The van der Waals surface area contributed by atoms with E-state index in [1.54, 1.807) is 7.11 Å². The molecular weight excluding hydrogens is 328 g/mol. The van der Waals surface area contributed by atoms with Crippen LogP contribution in [0, 0.1) is 6.92 Å². The zero-order valence-electron chi connectivity index (χ0n) is 14.6. The molecule has 0 saturated heterocycles. The Hall–Kier alpha value is -3.41. The monoisotopic (exact) mass is 346 g/mol. The fourth-order valence-corrected chi connectivity index (χ4v) is 2.72. The maximum Gasteiger partial charge on any atom is 0.228 e. The van der Waals surface area contributed by atoms with Gasteiger partial charge in [0.05, 0.1) is 7.11 Å². The summed E-state index contributed by atoms with van der Waals surface area (Å²) in [6.07, 6.45) is 1.52. The molecule has 0 bridgehead atoms. The third-order valence-electron chi connectivity index (χ3n) is 4.20. The minimum absolute atomic E-state index is 0.552. The van der Waals surface area contributed by atoms with Crippen molar-refractivity contribution in [2.75, 3.05) is 12.4 Å². The predicted octanol–water partition coefficient (Wildman–Crippen LogP) is 4.21. The molecular formula is C20H18N4O2. The Morgan fingerprint density at radius 1 is 1.00 bits per heavy atom. The molecule has 2 aromatic heterocycles. The summed E-state index contributed by atoms with van der Waals surface area (Å²) in [6.45, 7) is 2.66. The van der Waals surface area contributed by atoms with Gasteiger partial charge in [0.1, 0.15) is 23.3 Å². The molecule has 0 unspecified atom stereocenters. The van der Waals surface area contributed by atoms with Crippen LogP contribution in [0.2, 0.25) is 0 Å². The zero-order valence-corrected chi connectivity index (χ0v) is 14.6. The molecule has 0 fully saturated rings. The third-order valence-corrected chi connectivity index (χ3v) is 4.20. The molecule has 2 aromatic carbocycles. The van der Waals surface area contributed by atoms with Gasteiger partial charge in [0.2, 0.25) is 5.58 Å². The van der Waals surface area contributed by atoms with Crippen molar-refractivity contribution in [3.63, 3.8) is 0 Å². The molecule has 4 rings (SSSR count). The normalized spacial score (nSPS) is 10.8. The molecule has 0 atom stereocenters. The first-order chi connectivity index (χ1) is 12.7. The lowest BCUT2D eigenvalue weighted by Crippen LogP contribution is -2.02. The molecule has 0 saturated carbocycles. The number of rotatable bonds is 5. The van der Waals surface area contributed by atoms with E-state index in [9.17, 15) is 0 Å². The van der Waals surface area contributed by atoms with Gasteiger partial charge in [-0.1, -0.05) is 47.1 Å². The fraction of sp³-hybridized carbons (Fsp3) is 0.150. The number of methoxy groups -OCH3 is 1. The quantitative estimate of drug-likeness (QED) is 0.583. The molecule has 0 aliphatic rings. The number of fused-ring (bicyclic) bond motifs is 1. The highest BCUT2D eigenvalue weighted by atomic mass is 16.5. The van der Waals surface area contributed by atoms with E-state index in [4.69, 9.17) is 9.26 Å². The maximum atomic E-state index is 5.53. The largest absolute Gasteiger partial charge is 0.497 e. The number of hydrogen-bond donors (Lipinski definition) is 1. The molecule has 6 nitrogen and oxygen atoms in total. The predicted molar refractivity (Wildman–Crippen MR) is 100 cm³/mol. The van der Waals surface area contributed by atoms with Crippen LogP contribution in [0.15, 0.2) is 59.4 Å². The van der Waals surface area contributed by atoms with Gasteiger partial charge in [-0.3, -0.25) is 0 Å². The SMILES string of the molecule is COc1ccc(CNc2ncnc3c(-c4ccc(C)cc4)noc23)cc1. The van der Waals surface area contributed by atoms with E-state index in [1.165, 1.54) is 11.9 Å². The lowest BCUT2D eigenvalue weighted by atomic mass is 10.1. The second kappa shape index (κ2) is 6.84. The van der Waals surface area contributed by atoms with Crippen LogP contribution in [-0.2, 0) is 6.54 Å². The van der Waals surface area contributed by atoms with E-state index in [0.29, 0.717) is 23.5 Å². The number of benzene rings is 2. The van der Waals surface area contributed by atoms with Gasteiger partial charge < -0.3 is 14.6 Å². The molecule has 130 valence electrons. The van der Waals surface area contributed by atoms with Crippen molar-refractivity contribution in [3.05, 3.63) is 66.0 Å². The Morgan fingerprint density at radius 3 is 2.50 bits per heavy atom. The van der Waals surface area contributed by atoms with Crippen molar-refractivity contribution in [1.82, 2.24) is 15.1 Å². The smallest absolute Gasteiger partial charge is 0.228 e. The summed E-state index contributed by atoms with van der Waals surface area (Å²) in [5, 5.41) is 7.49. The van der Waals surface area contributed by atoms with Crippen LogP contribution in [0.5, 0.6) is 5.75 Å². The van der Waals surface area contributed by atoms with Crippen LogP contribution in [-0.4, -0.2) is 22.2 Å². The van der Waals surface area contributed by atoms with E-state index >= 15 is 0 Å². The van der Waals surface area contributed by atoms with Gasteiger partial charge in [-0.2, -0.15) is 0 Å². The summed E-state index contributed by atoms with van der Waals surface area (Å²) in [7, 11) is 1.65. The van der Waals surface area contributed by atoms with Gasteiger partial charge in [-0.25, -0.2) is 9.97 Å². The van der Waals surface area contributed by atoms with Crippen molar-refractivity contribution < 1.29 is 9.26 Å². The second-order valence-electron chi connectivity index (χ2n) is 6.00. The van der Waals surface area contributed by atoms with E-state index < -0.39 is 0 Å². The van der Waals surface area contributed by atoms with Crippen LogP contribution >= 0.6 is 0 Å². The van der Waals surface area contributed by atoms with Crippen LogP contribution in [0.3, 0.4) is 0 Å². The first-order valence-corrected chi connectivity index (χ1v) is 8.29. The Morgan fingerprint density at radius 2 is 1.77 bits per heavy atom. The zero-order chi connectivity index (χ0) is 17.9. The number of aryl methyl sites for hydroxylation is 1. The topological polar surface area (TPSA) is 73.1 Å². The highest BCUT2D eigenvalue weighted by molar-refractivity contribution is 5.93. The average molecular weight is 346 g/mol. The standard InChI is InChI=1S/C20H18N4O2/c1-13-3-7-15(8-4-13)17-18-19(26-24-17)20(23-12-22-18)21-11-14-5-9-16(25-2)10-6-14/h3-10,12H,11H2,1-2H3,(H,21,22,23). The van der Waals surface area contributed by atoms with E-state index in [0.717, 1.165) is 22.6 Å².